The molecule has 0 aliphatic rings. The van der Waals surface area contributed by atoms with Gasteiger partial charge in [0.05, 0.1) is 6.61 Å². The van der Waals surface area contributed by atoms with Gasteiger partial charge in [0.1, 0.15) is 18.2 Å². The Kier molecular flexibility index (Phi) is 9.07. The van der Waals surface area contributed by atoms with Crippen LogP contribution in [-0.2, 0) is 14.3 Å². The molecule has 20 heavy (non-hydrogen) atoms. The van der Waals surface area contributed by atoms with Gasteiger partial charge in [-0.2, -0.15) is 11.8 Å². The van der Waals surface area contributed by atoms with Crippen molar-refractivity contribution in [3.63, 3.8) is 0 Å². The van der Waals surface area contributed by atoms with Crippen molar-refractivity contribution in [2.24, 2.45) is 0 Å². The molecule has 1 amide bonds. The van der Waals surface area contributed by atoms with Crippen molar-refractivity contribution in [3.8, 4) is 0 Å². The van der Waals surface area contributed by atoms with E-state index in [-0.39, 0.29) is 13.2 Å². The summed E-state index contributed by atoms with van der Waals surface area (Å²) in [6.45, 7) is 8.74. The number of amides is 1. The SMILES string of the molecule is C=CCOC(=O)[C@H](CSCCO)NC(=O)OC(C)(C)C. The second kappa shape index (κ2) is 9.66. The smallest absolute Gasteiger partial charge is 0.408 e. The number of hydrogen-bond donors (Lipinski definition) is 2. The minimum Gasteiger partial charge on any atom is -0.460 e. The van der Waals surface area contributed by atoms with Gasteiger partial charge in [-0.1, -0.05) is 12.7 Å². The summed E-state index contributed by atoms with van der Waals surface area (Å²) >= 11 is 1.34. The Morgan fingerprint density at radius 3 is 2.60 bits per heavy atom. The van der Waals surface area contributed by atoms with Crippen LogP contribution < -0.4 is 5.32 Å². The zero-order valence-corrected chi connectivity index (χ0v) is 13.0. The van der Waals surface area contributed by atoms with Gasteiger partial charge in [-0.05, 0) is 20.8 Å². The first-order chi connectivity index (χ1) is 9.30. The number of aliphatic hydroxyl groups is 1. The summed E-state index contributed by atoms with van der Waals surface area (Å²) in [7, 11) is 0. The Balaban J connectivity index is 4.46. The summed E-state index contributed by atoms with van der Waals surface area (Å²) < 4.78 is 10.0. The quantitative estimate of drug-likeness (QED) is 0.400. The maximum atomic E-state index is 11.8. The van der Waals surface area contributed by atoms with Crippen LogP contribution in [0.25, 0.3) is 0 Å². The number of nitrogens with one attached hydrogen (secondary N) is 1. The van der Waals surface area contributed by atoms with E-state index in [2.05, 4.69) is 11.9 Å². The predicted molar refractivity (Wildman–Crippen MR) is 78.7 cm³/mol. The third-order valence-corrected chi connectivity index (χ3v) is 2.88. The highest BCUT2D eigenvalue weighted by Gasteiger charge is 2.25. The number of rotatable bonds is 8. The van der Waals surface area contributed by atoms with Gasteiger partial charge in [0.25, 0.3) is 0 Å². The standard InChI is InChI=1S/C13H23NO5S/c1-5-7-18-11(16)10(9-20-8-6-15)14-12(17)19-13(2,3)4/h5,10,15H,1,6-9H2,2-4H3,(H,14,17)/t10-/m0/s1. The zero-order valence-electron chi connectivity index (χ0n) is 12.2. The van der Waals surface area contributed by atoms with Crippen LogP contribution in [0.5, 0.6) is 0 Å². The van der Waals surface area contributed by atoms with Crippen LogP contribution in [0.4, 0.5) is 4.79 Å². The molecule has 0 aromatic heterocycles. The Hall–Kier alpha value is -1.21. The number of ether oxygens (including phenoxy) is 2. The molecule has 0 rings (SSSR count). The Bertz CT molecular complexity index is 327. The molecule has 0 aliphatic heterocycles. The van der Waals surface area contributed by atoms with Gasteiger partial charge in [0, 0.05) is 11.5 Å². The molecule has 0 heterocycles. The topological polar surface area (TPSA) is 84.9 Å². The van der Waals surface area contributed by atoms with E-state index < -0.39 is 23.7 Å². The molecule has 0 aliphatic carbocycles. The summed E-state index contributed by atoms with van der Waals surface area (Å²) in [6, 6.07) is -0.818. The summed E-state index contributed by atoms with van der Waals surface area (Å²) in [6.07, 6.45) is 0.770. The lowest BCUT2D eigenvalue weighted by atomic mass is 10.2. The van der Waals surface area contributed by atoms with Crippen LogP contribution in [0.1, 0.15) is 20.8 Å². The van der Waals surface area contributed by atoms with E-state index in [4.69, 9.17) is 14.6 Å². The molecule has 0 unspecified atom stereocenters. The predicted octanol–water partition coefficient (Wildman–Crippen LogP) is 1.33. The summed E-state index contributed by atoms with van der Waals surface area (Å²) in [5, 5.41) is 11.2. The van der Waals surface area contributed by atoms with Crippen molar-refractivity contribution < 1.29 is 24.2 Å². The fourth-order valence-corrected chi connectivity index (χ4v) is 1.88. The van der Waals surface area contributed by atoms with Crippen molar-refractivity contribution in [3.05, 3.63) is 12.7 Å². The van der Waals surface area contributed by atoms with E-state index in [1.54, 1.807) is 20.8 Å². The average molecular weight is 305 g/mol. The number of carbonyl (C=O) groups is 2. The highest BCUT2D eigenvalue weighted by molar-refractivity contribution is 7.99. The molecule has 0 aromatic rings. The minimum absolute atomic E-state index is 0.00549. The summed E-state index contributed by atoms with van der Waals surface area (Å²) in [4.78, 5) is 23.4. The zero-order chi connectivity index (χ0) is 15.6. The highest BCUT2D eigenvalue weighted by atomic mass is 32.2. The molecular formula is C13H23NO5S. The first-order valence-corrected chi connectivity index (χ1v) is 7.41. The lowest BCUT2D eigenvalue weighted by molar-refractivity contribution is -0.144. The molecule has 116 valence electrons. The number of thioether (sulfide) groups is 1. The van der Waals surface area contributed by atoms with E-state index >= 15 is 0 Å². The molecule has 0 spiro atoms. The van der Waals surface area contributed by atoms with Crippen LogP contribution in [0.3, 0.4) is 0 Å². The van der Waals surface area contributed by atoms with Crippen molar-refractivity contribution in [1.29, 1.82) is 0 Å². The second-order valence-electron chi connectivity index (χ2n) is 4.92. The molecule has 0 saturated heterocycles. The number of esters is 1. The van der Waals surface area contributed by atoms with Gasteiger partial charge in [-0.25, -0.2) is 9.59 Å². The maximum absolute atomic E-state index is 11.8. The highest BCUT2D eigenvalue weighted by Crippen LogP contribution is 2.09. The molecule has 0 fully saturated rings. The minimum atomic E-state index is -0.818. The third-order valence-electron chi connectivity index (χ3n) is 1.84. The molecule has 2 N–H and O–H groups in total. The molecule has 0 saturated carbocycles. The first-order valence-electron chi connectivity index (χ1n) is 6.25. The Morgan fingerprint density at radius 1 is 1.45 bits per heavy atom. The monoisotopic (exact) mass is 305 g/mol. The first kappa shape index (κ1) is 18.8. The second-order valence-corrected chi connectivity index (χ2v) is 6.07. The number of carbonyl (C=O) groups excluding carboxylic acids is 2. The van der Waals surface area contributed by atoms with E-state index in [1.165, 1.54) is 17.8 Å². The van der Waals surface area contributed by atoms with E-state index in [9.17, 15) is 9.59 Å². The van der Waals surface area contributed by atoms with Crippen molar-refractivity contribution in [2.75, 3.05) is 24.7 Å². The molecule has 0 bridgehead atoms. The van der Waals surface area contributed by atoms with Crippen LogP contribution in [0.15, 0.2) is 12.7 Å². The van der Waals surface area contributed by atoms with Crippen LogP contribution >= 0.6 is 11.8 Å². The van der Waals surface area contributed by atoms with Crippen LogP contribution in [-0.4, -0.2) is 53.5 Å². The molecule has 7 heteroatoms. The van der Waals surface area contributed by atoms with E-state index in [0.717, 1.165) is 0 Å². The lowest BCUT2D eigenvalue weighted by Crippen LogP contribution is -2.45. The average Bonchev–Trinajstić information content (AvgIpc) is 2.32. The summed E-state index contributed by atoms with van der Waals surface area (Å²) in [5.74, 6) is 0.220. The molecule has 0 radical (unpaired) electrons. The normalized spacial score (nSPS) is 12.4. The largest absolute Gasteiger partial charge is 0.460 e. The van der Waals surface area contributed by atoms with Gasteiger partial charge >= 0.3 is 12.1 Å². The number of aliphatic hydroxyl groups excluding tert-OH is 1. The van der Waals surface area contributed by atoms with Gasteiger partial charge in [-0.15, -0.1) is 0 Å². The molecule has 6 nitrogen and oxygen atoms in total. The van der Waals surface area contributed by atoms with Gasteiger partial charge < -0.3 is 19.9 Å². The molecular weight excluding hydrogens is 282 g/mol. The maximum Gasteiger partial charge on any atom is 0.408 e. The lowest BCUT2D eigenvalue weighted by Gasteiger charge is -2.22. The number of hydrogen-bond acceptors (Lipinski definition) is 6. The Morgan fingerprint density at radius 2 is 2.10 bits per heavy atom. The van der Waals surface area contributed by atoms with Crippen LogP contribution in [0, 0.1) is 0 Å². The van der Waals surface area contributed by atoms with E-state index in [1.807, 2.05) is 0 Å². The van der Waals surface area contributed by atoms with Crippen molar-refractivity contribution >= 4 is 23.8 Å². The fourth-order valence-electron chi connectivity index (χ4n) is 1.13. The van der Waals surface area contributed by atoms with Gasteiger partial charge in [0.2, 0.25) is 0 Å². The molecule has 0 aromatic carbocycles. The van der Waals surface area contributed by atoms with Crippen LogP contribution in [0.2, 0.25) is 0 Å². The van der Waals surface area contributed by atoms with Crippen molar-refractivity contribution in [2.45, 2.75) is 32.4 Å². The van der Waals surface area contributed by atoms with Gasteiger partial charge in [-0.3, -0.25) is 0 Å². The third kappa shape index (κ3) is 9.69. The number of alkyl carbamates (subject to hydrolysis) is 1. The molecule has 1 atom stereocenters. The summed E-state index contributed by atoms with van der Waals surface area (Å²) in [5.41, 5.74) is -0.641. The van der Waals surface area contributed by atoms with E-state index in [0.29, 0.717) is 11.5 Å². The Labute approximate surface area is 123 Å². The van der Waals surface area contributed by atoms with Crippen molar-refractivity contribution in [1.82, 2.24) is 5.32 Å². The fraction of sp³-hybridized carbons (Fsp3) is 0.692. The van der Waals surface area contributed by atoms with Gasteiger partial charge in [0.15, 0.2) is 0 Å².